The first-order valence-electron chi connectivity index (χ1n) is 6.07. The molecule has 1 N–H and O–H groups in total. The molecule has 2 rings (SSSR count). The lowest BCUT2D eigenvalue weighted by molar-refractivity contribution is 0.554. The molecule has 0 fully saturated rings. The van der Waals surface area contributed by atoms with Crippen LogP contribution in [0.25, 0.3) is 10.6 Å². The Morgan fingerprint density at radius 3 is 2.83 bits per heavy atom. The average molecular weight is 325 g/mol. The van der Waals surface area contributed by atoms with E-state index in [1.165, 1.54) is 4.88 Å². The molecule has 0 aliphatic heterocycles. The smallest absolute Gasteiger partial charge is 0.124 e. The maximum atomic E-state index is 4.49. The van der Waals surface area contributed by atoms with Crippen LogP contribution in [-0.2, 0) is 6.54 Å². The van der Waals surface area contributed by atoms with Crippen molar-refractivity contribution in [3.63, 3.8) is 0 Å². The molecule has 0 spiro atoms. The summed E-state index contributed by atoms with van der Waals surface area (Å²) in [4.78, 5) is 5.77. The number of hydrogen-bond donors (Lipinski definition) is 1. The molecule has 4 heteroatoms. The molecule has 2 aromatic rings. The Balaban J connectivity index is 2.04. The third kappa shape index (κ3) is 3.64. The third-order valence-electron chi connectivity index (χ3n) is 2.51. The summed E-state index contributed by atoms with van der Waals surface area (Å²) >= 11 is 5.31. The van der Waals surface area contributed by atoms with Crippen LogP contribution in [0.15, 0.2) is 34.9 Å². The summed E-state index contributed by atoms with van der Waals surface area (Å²) in [6, 6.07) is 8.20. The summed E-state index contributed by atoms with van der Waals surface area (Å²) in [7, 11) is 0. The molecule has 0 amide bonds. The predicted molar refractivity (Wildman–Crippen MR) is 81.8 cm³/mol. The molecule has 0 bridgehead atoms. The van der Waals surface area contributed by atoms with E-state index in [0.29, 0.717) is 5.92 Å². The highest BCUT2D eigenvalue weighted by molar-refractivity contribution is 9.10. The highest BCUT2D eigenvalue weighted by Gasteiger charge is 2.07. The highest BCUT2D eigenvalue weighted by atomic mass is 79.9. The van der Waals surface area contributed by atoms with Crippen molar-refractivity contribution in [2.24, 2.45) is 5.92 Å². The molecule has 96 valence electrons. The summed E-state index contributed by atoms with van der Waals surface area (Å²) in [5, 5.41) is 4.51. The van der Waals surface area contributed by atoms with E-state index in [4.69, 9.17) is 0 Å². The van der Waals surface area contributed by atoms with Gasteiger partial charge in [0.05, 0.1) is 0 Å². The number of rotatable bonds is 5. The van der Waals surface area contributed by atoms with Crippen molar-refractivity contribution in [3.8, 4) is 10.6 Å². The van der Waals surface area contributed by atoms with Gasteiger partial charge in [-0.3, -0.25) is 0 Å². The predicted octanol–water partition coefficient (Wildman–Crippen LogP) is 4.32. The van der Waals surface area contributed by atoms with Crippen molar-refractivity contribution in [3.05, 3.63) is 39.8 Å². The van der Waals surface area contributed by atoms with Crippen LogP contribution in [0.1, 0.15) is 18.7 Å². The van der Waals surface area contributed by atoms with E-state index < -0.39 is 0 Å². The number of aromatic nitrogens is 1. The SMILES string of the molecule is CC(C)CNCc1cnc(-c2ccccc2Br)s1. The topological polar surface area (TPSA) is 24.9 Å². The van der Waals surface area contributed by atoms with Crippen LogP contribution >= 0.6 is 27.3 Å². The van der Waals surface area contributed by atoms with E-state index in [-0.39, 0.29) is 0 Å². The van der Waals surface area contributed by atoms with Gasteiger partial charge in [-0.1, -0.05) is 48.0 Å². The van der Waals surface area contributed by atoms with Crippen molar-refractivity contribution in [2.45, 2.75) is 20.4 Å². The Hall–Kier alpha value is -0.710. The summed E-state index contributed by atoms with van der Waals surface area (Å²) in [6.07, 6.45) is 1.97. The Bertz CT molecular complexity index is 508. The summed E-state index contributed by atoms with van der Waals surface area (Å²) in [5.41, 5.74) is 1.16. The van der Waals surface area contributed by atoms with E-state index in [1.54, 1.807) is 11.3 Å². The molecule has 0 saturated carbocycles. The molecular formula is C14H17BrN2S. The zero-order valence-electron chi connectivity index (χ0n) is 10.6. The second kappa shape index (κ2) is 6.45. The molecule has 1 aromatic carbocycles. The van der Waals surface area contributed by atoms with E-state index >= 15 is 0 Å². The van der Waals surface area contributed by atoms with Gasteiger partial charge in [0.15, 0.2) is 0 Å². The van der Waals surface area contributed by atoms with Gasteiger partial charge in [-0.05, 0) is 18.5 Å². The van der Waals surface area contributed by atoms with Crippen molar-refractivity contribution < 1.29 is 0 Å². The molecule has 2 nitrogen and oxygen atoms in total. The second-order valence-corrected chi connectivity index (χ2v) is 6.61. The molecule has 18 heavy (non-hydrogen) atoms. The first-order chi connectivity index (χ1) is 8.66. The highest BCUT2D eigenvalue weighted by Crippen LogP contribution is 2.31. The van der Waals surface area contributed by atoms with E-state index in [2.05, 4.69) is 46.1 Å². The molecule has 0 aliphatic rings. The lowest BCUT2D eigenvalue weighted by atomic mass is 10.2. The van der Waals surface area contributed by atoms with Crippen LogP contribution in [0.4, 0.5) is 0 Å². The minimum atomic E-state index is 0.681. The van der Waals surface area contributed by atoms with Gasteiger partial charge in [-0.25, -0.2) is 4.98 Å². The van der Waals surface area contributed by atoms with Gasteiger partial charge in [0.25, 0.3) is 0 Å². The fourth-order valence-corrected chi connectivity index (χ4v) is 3.16. The zero-order valence-corrected chi connectivity index (χ0v) is 13.0. The van der Waals surface area contributed by atoms with Crippen molar-refractivity contribution in [1.82, 2.24) is 10.3 Å². The minimum absolute atomic E-state index is 0.681. The average Bonchev–Trinajstić information content (AvgIpc) is 2.78. The fourth-order valence-electron chi connectivity index (χ4n) is 1.63. The first-order valence-corrected chi connectivity index (χ1v) is 7.68. The molecule has 1 aromatic heterocycles. The zero-order chi connectivity index (χ0) is 13.0. The van der Waals surface area contributed by atoms with E-state index in [1.807, 2.05) is 24.4 Å². The van der Waals surface area contributed by atoms with Crippen LogP contribution in [0, 0.1) is 5.92 Å². The van der Waals surface area contributed by atoms with Crippen LogP contribution < -0.4 is 5.32 Å². The molecule has 0 saturated heterocycles. The van der Waals surface area contributed by atoms with Crippen LogP contribution in [0.5, 0.6) is 0 Å². The number of nitrogens with one attached hydrogen (secondary N) is 1. The van der Waals surface area contributed by atoms with Gasteiger partial charge < -0.3 is 5.32 Å². The summed E-state index contributed by atoms with van der Waals surface area (Å²) in [5.74, 6) is 0.681. The van der Waals surface area contributed by atoms with Crippen molar-refractivity contribution in [1.29, 1.82) is 0 Å². The van der Waals surface area contributed by atoms with Gasteiger partial charge in [0.2, 0.25) is 0 Å². The van der Waals surface area contributed by atoms with Crippen LogP contribution in [0.2, 0.25) is 0 Å². The number of thiazole rings is 1. The Kier molecular flexibility index (Phi) is 4.92. The molecule has 0 radical (unpaired) electrons. The first kappa shape index (κ1) is 13.7. The van der Waals surface area contributed by atoms with Crippen LogP contribution in [-0.4, -0.2) is 11.5 Å². The largest absolute Gasteiger partial charge is 0.312 e. The normalized spacial score (nSPS) is 11.1. The molecule has 0 unspecified atom stereocenters. The quantitative estimate of drug-likeness (QED) is 0.886. The number of nitrogens with zero attached hydrogens (tertiary/aromatic N) is 1. The summed E-state index contributed by atoms with van der Waals surface area (Å²) < 4.78 is 1.10. The van der Waals surface area contributed by atoms with E-state index in [9.17, 15) is 0 Å². The maximum absolute atomic E-state index is 4.49. The standard InChI is InChI=1S/C14H17BrN2S/c1-10(2)7-16-8-11-9-17-14(18-11)12-5-3-4-6-13(12)15/h3-6,9-10,16H,7-8H2,1-2H3. The Labute approximate surface area is 121 Å². The molecule has 1 heterocycles. The van der Waals surface area contributed by atoms with Gasteiger partial charge in [0.1, 0.15) is 5.01 Å². The Morgan fingerprint density at radius 1 is 1.33 bits per heavy atom. The number of benzene rings is 1. The minimum Gasteiger partial charge on any atom is -0.312 e. The van der Waals surface area contributed by atoms with Gasteiger partial charge in [0, 0.05) is 27.7 Å². The van der Waals surface area contributed by atoms with Gasteiger partial charge in [-0.2, -0.15) is 0 Å². The Morgan fingerprint density at radius 2 is 2.11 bits per heavy atom. The molecular weight excluding hydrogens is 308 g/mol. The summed E-state index contributed by atoms with van der Waals surface area (Å²) in [6.45, 7) is 6.38. The molecule has 0 atom stereocenters. The number of halogens is 1. The van der Waals surface area contributed by atoms with E-state index in [0.717, 1.165) is 28.1 Å². The third-order valence-corrected chi connectivity index (χ3v) is 4.23. The van der Waals surface area contributed by atoms with Crippen LogP contribution in [0.3, 0.4) is 0 Å². The lowest BCUT2D eigenvalue weighted by Gasteiger charge is -2.04. The fraction of sp³-hybridized carbons (Fsp3) is 0.357. The lowest BCUT2D eigenvalue weighted by Crippen LogP contribution is -2.18. The maximum Gasteiger partial charge on any atom is 0.124 e. The second-order valence-electron chi connectivity index (χ2n) is 4.64. The molecule has 0 aliphatic carbocycles. The monoisotopic (exact) mass is 324 g/mol. The van der Waals surface area contributed by atoms with Crippen molar-refractivity contribution >= 4 is 27.3 Å². The van der Waals surface area contributed by atoms with Crippen molar-refractivity contribution in [2.75, 3.05) is 6.54 Å². The van der Waals surface area contributed by atoms with Gasteiger partial charge >= 0.3 is 0 Å². The number of hydrogen-bond acceptors (Lipinski definition) is 3. The van der Waals surface area contributed by atoms with Gasteiger partial charge in [-0.15, -0.1) is 11.3 Å².